The molecule has 2 N–H and O–H groups in total. The van der Waals surface area contributed by atoms with Gasteiger partial charge in [-0.15, -0.1) is 0 Å². The van der Waals surface area contributed by atoms with Crippen LogP contribution in [0.3, 0.4) is 0 Å². The molecule has 25 heavy (non-hydrogen) atoms. The average Bonchev–Trinajstić information content (AvgIpc) is 3.06. The standard InChI is InChI=1S/C19H20N4O2/c1-25-19(4-2-5-19)9-17(24)23-16-8-15(10-20-12-16)14-7-13-3-6-21-18(13)22-11-14/h3,6-8,10-12H,2,4-5,9H2,1H3,(H,21,22)(H,23,24). The number of rotatable bonds is 5. The molecule has 3 aromatic rings. The van der Waals surface area contributed by atoms with Gasteiger partial charge >= 0.3 is 0 Å². The lowest BCUT2D eigenvalue weighted by atomic mass is 9.77. The van der Waals surface area contributed by atoms with Gasteiger partial charge in [0.25, 0.3) is 0 Å². The van der Waals surface area contributed by atoms with Crippen molar-refractivity contribution in [3.8, 4) is 11.1 Å². The number of H-pyrrole nitrogens is 1. The summed E-state index contributed by atoms with van der Waals surface area (Å²) in [5.74, 6) is -0.0419. The Balaban J connectivity index is 1.51. The van der Waals surface area contributed by atoms with Crippen LogP contribution in [0, 0.1) is 0 Å². The molecule has 0 radical (unpaired) electrons. The second kappa shape index (κ2) is 6.29. The molecule has 0 atom stereocenters. The largest absolute Gasteiger partial charge is 0.378 e. The highest BCUT2D eigenvalue weighted by Gasteiger charge is 2.38. The zero-order valence-electron chi connectivity index (χ0n) is 14.1. The summed E-state index contributed by atoms with van der Waals surface area (Å²) >= 11 is 0. The number of nitrogens with one attached hydrogen (secondary N) is 2. The quantitative estimate of drug-likeness (QED) is 0.747. The highest BCUT2D eigenvalue weighted by molar-refractivity contribution is 5.92. The van der Waals surface area contributed by atoms with Crippen LogP contribution in [0.2, 0.25) is 0 Å². The molecule has 1 aliphatic rings. The lowest BCUT2D eigenvalue weighted by Gasteiger charge is -2.39. The Morgan fingerprint density at radius 2 is 2.12 bits per heavy atom. The first-order chi connectivity index (χ1) is 12.2. The van der Waals surface area contributed by atoms with Crippen LogP contribution in [0.4, 0.5) is 5.69 Å². The van der Waals surface area contributed by atoms with E-state index in [0.717, 1.165) is 41.4 Å². The smallest absolute Gasteiger partial charge is 0.227 e. The second-order valence-corrected chi connectivity index (χ2v) is 6.57. The Hall–Kier alpha value is -2.73. The summed E-state index contributed by atoms with van der Waals surface area (Å²) in [6, 6.07) is 5.95. The van der Waals surface area contributed by atoms with E-state index in [4.69, 9.17) is 4.74 Å². The fraction of sp³-hybridized carbons (Fsp3) is 0.316. The van der Waals surface area contributed by atoms with Gasteiger partial charge in [0.15, 0.2) is 0 Å². The molecule has 3 heterocycles. The first-order valence-electron chi connectivity index (χ1n) is 8.41. The summed E-state index contributed by atoms with van der Waals surface area (Å²) in [6.07, 6.45) is 10.5. The molecule has 0 aromatic carbocycles. The van der Waals surface area contributed by atoms with Crippen molar-refractivity contribution in [3.05, 3.63) is 43.0 Å². The van der Waals surface area contributed by atoms with Crippen molar-refractivity contribution in [1.29, 1.82) is 0 Å². The van der Waals surface area contributed by atoms with Crippen molar-refractivity contribution in [2.24, 2.45) is 0 Å². The van der Waals surface area contributed by atoms with Crippen molar-refractivity contribution < 1.29 is 9.53 Å². The average molecular weight is 336 g/mol. The van der Waals surface area contributed by atoms with Gasteiger partial charge in [-0.3, -0.25) is 9.78 Å². The summed E-state index contributed by atoms with van der Waals surface area (Å²) in [6.45, 7) is 0. The topological polar surface area (TPSA) is 79.9 Å². The van der Waals surface area contributed by atoms with Crippen molar-refractivity contribution in [1.82, 2.24) is 15.0 Å². The zero-order valence-corrected chi connectivity index (χ0v) is 14.1. The number of ether oxygens (including phenoxy) is 1. The van der Waals surface area contributed by atoms with E-state index in [2.05, 4.69) is 26.3 Å². The number of amides is 1. The minimum absolute atomic E-state index is 0.0419. The molecule has 0 aliphatic heterocycles. The van der Waals surface area contributed by atoms with Crippen molar-refractivity contribution in [3.63, 3.8) is 0 Å². The van der Waals surface area contributed by atoms with Crippen molar-refractivity contribution in [2.45, 2.75) is 31.3 Å². The van der Waals surface area contributed by atoms with E-state index in [1.54, 1.807) is 25.7 Å². The second-order valence-electron chi connectivity index (χ2n) is 6.57. The van der Waals surface area contributed by atoms with Crippen molar-refractivity contribution in [2.75, 3.05) is 12.4 Å². The minimum Gasteiger partial charge on any atom is -0.378 e. The lowest BCUT2D eigenvalue weighted by molar-refractivity contribution is -0.129. The van der Waals surface area contributed by atoms with E-state index in [0.29, 0.717) is 12.1 Å². The zero-order chi connectivity index (χ0) is 17.3. The van der Waals surface area contributed by atoms with Crippen LogP contribution in [-0.2, 0) is 9.53 Å². The summed E-state index contributed by atoms with van der Waals surface area (Å²) in [5, 5.41) is 3.98. The van der Waals surface area contributed by atoms with Crippen LogP contribution in [0.25, 0.3) is 22.2 Å². The maximum atomic E-state index is 12.3. The third kappa shape index (κ3) is 3.13. The van der Waals surface area contributed by atoms with Gasteiger partial charge in [-0.1, -0.05) is 0 Å². The molecule has 4 rings (SSSR count). The monoisotopic (exact) mass is 336 g/mol. The normalized spacial score (nSPS) is 15.7. The molecular formula is C19H20N4O2. The minimum atomic E-state index is -0.279. The van der Waals surface area contributed by atoms with E-state index in [9.17, 15) is 4.79 Å². The molecule has 6 nitrogen and oxygen atoms in total. The summed E-state index contributed by atoms with van der Waals surface area (Å²) in [7, 11) is 1.68. The predicted molar refractivity (Wildman–Crippen MR) is 96.2 cm³/mol. The van der Waals surface area contributed by atoms with Gasteiger partial charge in [-0.2, -0.15) is 0 Å². The molecule has 128 valence electrons. The van der Waals surface area contributed by atoms with E-state index in [1.165, 1.54) is 0 Å². The molecule has 6 heteroatoms. The van der Waals surface area contributed by atoms with Crippen LogP contribution in [0.15, 0.2) is 43.0 Å². The van der Waals surface area contributed by atoms with E-state index < -0.39 is 0 Å². The van der Waals surface area contributed by atoms with E-state index in [1.807, 2.05) is 18.3 Å². The first-order valence-corrected chi connectivity index (χ1v) is 8.41. The van der Waals surface area contributed by atoms with Crippen LogP contribution >= 0.6 is 0 Å². The molecule has 1 aliphatic carbocycles. The van der Waals surface area contributed by atoms with Crippen LogP contribution in [0.1, 0.15) is 25.7 Å². The van der Waals surface area contributed by atoms with Gasteiger partial charge in [0.05, 0.1) is 23.9 Å². The first kappa shape index (κ1) is 15.8. The number of methoxy groups -OCH3 is 1. The van der Waals surface area contributed by atoms with E-state index in [-0.39, 0.29) is 11.5 Å². The number of nitrogens with zero attached hydrogens (tertiary/aromatic N) is 2. The number of hydrogen-bond acceptors (Lipinski definition) is 4. The predicted octanol–water partition coefficient (Wildman–Crippen LogP) is 3.52. The molecular weight excluding hydrogens is 316 g/mol. The lowest BCUT2D eigenvalue weighted by Crippen LogP contribution is -2.42. The molecule has 0 unspecified atom stereocenters. The molecule has 0 spiro atoms. The number of anilines is 1. The van der Waals surface area contributed by atoms with Crippen molar-refractivity contribution >= 4 is 22.6 Å². The van der Waals surface area contributed by atoms with Gasteiger partial charge in [-0.05, 0) is 37.5 Å². The van der Waals surface area contributed by atoms with Crippen LogP contribution in [-0.4, -0.2) is 33.6 Å². The van der Waals surface area contributed by atoms with Gasteiger partial charge in [-0.25, -0.2) is 4.98 Å². The number of fused-ring (bicyclic) bond motifs is 1. The van der Waals surface area contributed by atoms with Gasteiger partial charge in [0.1, 0.15) is 5.65 Å². The van der Waals surface area contributed by atoms with Gasteiger partial charge in [0, 0.05) is 42.2 Å². The highest BCUT2D eigenvalue weighted by Crippen LogP contribution is 2.38. The third-order valence-electron chi connectivity index (χ3n) is 4.94. The molecule has 1 fully saturated rings. The number of aromatic amines is 1. The van der Waals surface area contributed by atoms with Crippen LogP contribution in [0.5, 0.6) is 0 Å². The fourth-order valence-corrected chi connectivity index (χ4v) is 3.29. The number of carbonyl (C=O) groups is 1. The highest BCUT2D eigenvalue weighted by atomic mass is 16.5. The SMILES string of the molecule is COC1(CC(=O)Nc2cncc(-c3cnc4[nH]ccc4c3)c2)CCC1. The molecule has 3 aromatic heterocycles. The Bertz CT molecular complexity index is 909. The Morgan fingerprint density at radius 3 is 2.88 bits per heavy atom. The van der Waals surface area contributed by atoms with E-state index >= 15 is 0 Å². The molecule has 0 bridgehead atoms. The summed E-state index contributed by atoms with van der Waals surface area (Å²) in [5.41, 5.74) is 3.13. The fourth-order valence-electron chi connectivity index (χ4n) is 3.29. The maximum Gasteiger partial charge on any atom is 0.227 e. The number of hydrogen-bond donors (Lipinski definition) is 2. The third-order valence-corrected chi connectivity index (χ3v) is 4.94. The summed E-state index contributed by atoms with van der Waals surface area (Å²) < 4.78 is 5.52. The Kier molecular flexibility index (Phi) is 3.97. The number of pyridine rings is 2. The summed E-state index contributed by atoms with van der Waals surface area (Å²) in [4.78, 5) is 24.1. The molecule has 1 amide bonds. The maximum absolute atomic E-state index is 12.3. The molecule has 1 saturated carbocycles. The Morgan fingerprint density at radius 1 is 1.28 bits per heavy atom. The number of aromatic nitrogens is 3. The van der Waals surface area contributed by atoms with Gasteiger partial charge < -0.3 is 15.0 Å². The van der Waals surface area contributed by atoms with Gasteiger partial charge in [0.2, 0.25) is 5.91 Å². The van der Waals surface area contributed by atoms with Crippen LogP contribution < -0.4 is 5.32 Å². The Labute approximate surface area is 145 Å². The molecule has 0 saturated heterocycles. The number of carbonyl (C=O) groups excluding carboxylic acids is 1.